The van der Waals surface area contributed by atoms with Gasteiger partial charge in [-0.3, -0.25) is 4.90 Å². The molecule has 4 heterocycles. The lowest BCUT2D eigenvalue weighted by Gasteiger charge is -2.42. The van der Waals surface area contributed by atoms with E-state index < -0.39 is 5.82 Å². The second-order valence-electron chi connectivity index (χ2n) is 8.57. The molecule has 9 heteroatoms. The van der Waals surface area contributed by atoms with Crippen molar-refractivity contribution in [2.75, 3.05) is 56.5 Å². The maximum atomic E-state index is 13.5. The first-order valence-electron chi connectivity index (χ1n) is 11.1. The molecule has 2 aromatic heterocycles. The molecule has 168 valence electrons. The van der Waals surface area contributed by atoms with E-state index in [0.29, 0.717) is 23.2 Å². The molecule has 2 aliphatic rings. The summed E-state index contributed by atoms with van der Waals surface area (Å²) in [6.07, 6.45) is 3.81. The van der Waals surface area contributed by atoms with Gasteiger partial charge in [-0.1, -0.05) is 11.6 Å². The smallest absolute Gasteiger partial charge is 0.166 e. The summed E-state index contributed by atoms with van der Waals surface area (Å²) in [5.74, 6) is 1.11. The van der Waals surface area contributed by atoms with E-state index in [1.165, 1.54) is 31.5 Å². The van der Waals surface area contributed by atoms with Crippen molar-refractivity contribution in [3.63, 3.8) is 0 Å². The first-order valence-corrected chi connectivity index (χ1v) is 11.5. The number of fused-ring (bicyclic) bond motifs is 1. The maximum Gasteiger partial charge on any atom is 0.166 e. The predicted molar refractivity (Wildman–Crippen MR) is 126 cm³/mol. The number of anilines is 3. The van der Waals surface area contributed by atoms with Crippen LogP contribution in [0.15, 0.2) is 36.7 Å². The number of hydrogen-bond acceptors (Lipinski definition) is 7. The Kier molecular flexibility index (Phi) is 6.08. The lowest BCUT2D eigenvalue weighted by atomic mass is 10.0. The van der Waals surface area contributed by atoms with Crippen molar-refractivity contribution in [3.8, 4) is 0 Å². The van der Waals surface area contributed by atoms with E-state index in [1.807, 2.05) is 12.1 Å². The number of likely N-dealkylation sites (N-methyl/N-ethyl adjacent to an activating group) is 1. The molecule has 7 nitrogen and oxygen atoms in total. The van der Waals surface area contributed by atoms with Crippen LogP contribution >= 0.6 is 11.6 Å². The number of pyridine rings is 1. The Balaban J connectivity index is 1.28. The van der Waals surface area contributed by atoms with Gasteiger partial charge in [0.1, 0.15) is 23.8 Å². The number of rotatable bonds is 4. The second kappa shape index (κ2) is 9.13. The van der Waals surface area contributed by atoms with Crippen molar-refractivity contribution in [1.82, 2.24) is 24.8 Å². The first-order chi connectivity index (χ1) is 15.6. The fourth-order valence-corrected chi connectivity index (χ4v) is 4.75. The van der Waals surface area contributed by atoms with Crippen molar-refractivity contribution in [2.45, 2.75) is 18.9 Å². The van der Waals surface area contributed by atoms with Crippen LogP contribution in [-0.2, 0) is 0 Å². The highest BCUT2D eigenvalue weighted by Gasteiger charge is 2.27. The largest absolute Gasteiger partial charge is 0.356 e. The molecule has 0 aliphatic carbocycles. The van der Waals surface area contributed by atoms with Gasteiger partial charge < -0.3 is 15.1 Å². The van der Waals surface area contributed by atoms with Gasteiger partial charge in [-0.15, -0.1) is 0 Å². The summed E-state index contributed by atoms with van der Waals surface area (Å²) in [7, 11) is 2.20. The molecule has 3 aromatic rings. The molecule has 1 aromatic carbocycles. The molecule has 5 rings (SSSR count). The standard InChI is InChI=1S/C23H27ClFN7/c1-30-10-12-31(13-11-30)17-6-8-32(9-7-17)21-5-3-18-22(26-15-27-23(18)29-21)28-16-2-4-20(25)19(24)14-16/h2-5,14-15,17H,6-13H2,1H3,(H,26,27,28,29). The average Bonchev–Trinajstić information content (AvgIpc) is 2.82. The Labute approximate surface area is 192 Å². The Hall–Kier alpha value is -2.55. The minimum Gasteiger partial charge on any atom is -0.356 e. The summed E-state index contributed by atoms with van der Waals surface area (Å²) >= 11 is 5.90. The molecule has 2 aliphatic heterocycles. The summed E-state index contributed by atoms with van der Waals surface area (Å²) in [5.41, 5.74) is 1.29. The summed E-state index contributed by atoms with van der Waals surface area (Å²) in [5, 5.41) is 4.07. The minimum absolute atomic E-state index is 0.0637. The quantitative estimate of drug-likeness (QED) is 0.642. The normalized spacial score (nSPS) is 18.9. The van der Waals surface area contributed by atoms with Crippen molar-refractivity contribution in [3.05, 3.63) is 47.5 Å². The zero-order valence-corrected chi connectivity index (χ0v) is 18.9. The third-order valence-electron chi connectivity index (χ3n) is 6.51. The van der Waals surface area contributed by atoms with Gasteiger partial charge in [-0.25, -0.2) is 19.3 Å². The molecule has 0 amide bonds. The van der Waals surface area contributed by atoms with Gasteiger partial charge in [-0.2, -0.15) is 0 Å². The molecule has 32 heavy (non-hydrogen) atoms. The number of hydrogen-bond donors (Lipinski definition) is 1. The SMILES string of the molecule is CN1CCN(C2CCN(c3ccc4c(Nc5ccc(F)c(Cl)c5)ncnc4n3)CC2)CC1. The van der Waals surface area contributed by atoms with Crippen LogP contribution < -0.4 is 10.2 Å². The van der Waals surface area contributed by atoms with Crippen molar-refractivity contribution in [2.24, 2.45) is 0 Å². The Morgan fingerprint density at radius 3 is 2.53 bits per heavy atom. The highest BCUT2D eigenvalue weighted by molar-refractivity contribution is 6.31. The molecule has 0 bridgehead atoms. The van der Waals surface area contributed by atoms with Crippen LogP contribution in [0.25, 0.3) is 11.0 Å². The fourth-order valence-electron chi connectivity index (χ4n) is 4.57. The van der Waals surface area contributed by atoms with E-state index in [0.717, 1.165) is 50.2 Å². The lowest BCUT2D eigenvalue weighted by molar-refractivity contribution is 0.0981. The Morgan fingerprint density at radius 2 is 1.78 bits per heavy atom. The monoisotopic (exact) mass is 455 g/mol. The van der Waals surface area contributed by atoms with E-state index in [4.69, 9.17) is 16.6 Å². The number of piperidine rings is 1. The van der Waals surface area contributed by atoms with Gasteiger partial charge in [0.05, 0.1) is 10.4 Å². The van der Waals surface area contributed by atoms with Crippen LogP contribution in [0.1, 0.15) is 12.8 Å². The van der Waals surface area contributed by atoms with Crippen LogP contribution in [0.5, 0.6) is 0 Å². The zero-order chi connectivity index (χ0) is 22.1. The number of aromatic nitrogens is 3. The van der Waals surface area contributed by atoms with Gasteiger partial charge in [0.25, 0.3) is 0 Å². The first kappa shape index (κ1) is 21.3. The van der Waals surface area contributed by atoms with Crippen LogP contribution in [0.3, 0.4) is 0 Å². The van der Waals surface area contributed by atoms with E-state index in [9.17, 15) is 4.39 Å². The number of halogens is 2. The van der Waals surface area contributed by atoms with Crippen molar-refractivity contribution in [1.29, 1.82) is 0 Å². The van der Waals surface area contributed by atoms with E-state index in [-0.39, 0.29) is 5.02 Å². The summed E-state index contributed by atoms with van der Waals surface area (Å²) in [6, 6.07) is 9.19. The number of piperazine rings is 1. The zero-order valence-electron chi connectivity index (χ0n) is 18.1. The minimum atomic E-state index is -0.451. The van der Waals surface area contributed by atoms with Gasteiger partial charge >= 0.3 is 0 Å². The molecule has 0 atom stereocenters. The van der Waals surface area contributed by atoms with Crippen LogP contribution in [0, 0.1) is 5.82 Å². The van der Waals surface area contributed by atoms with Crippen LogP contribution in [-0.4, -0.2) is 77.1 Å². The summed E-state index contributed by atoms with van der Waals surface area (Å²) in [4.78, 5) is 20.9. The molecule has 2 saturated heterocycles. The maximum absolute atomic E-state index is 13.5. The highest BCUT2D eigenvalue weighted by atomic mass is 35.5. The van der Waals surface area contributed by atoms with E-state index >= 15 is 0 Å². The number of nitrogens with one attached hydrogen (secondary N) is 1. The second-order valence-corrected chi connectivity index (χ2v) is 8.98. The summed E-state index contributed by atoms with van der Waals surface area (Å²) < 4.78 is 13.5. The Bertz CT molecular complexity index is 1090. The third-order valence-corrected chi connectivity index (χ3v) is 6.80. The third kappa shape index (κ3) is 4.48. The Morgan fingerprint density at radius 1 is 1.00 bits per heavy atom. The summed E-state index contributed by atoms with van der Waals surface area (Å²) in [6.45, 7) is 6.65. The molecule has 0 spiro atoms. The predicted octanol–water partition coefficient (Wildman–Crippen LogP) is 3.78. The van der Waals surface area contributed by atoms with E-state index in [1.54, 1.807) is 6.07 Å². The van der Waals surface area contributed by atoms with Crippen molar-refractivity contribution >= 4 is 40.0 Å². The average molecular weight is 456 g/mol. The number of nitrogens with zero attached hydrogens (tertiary/aromatic N) is 6. The van der Waals surface area contributed by atoms with Gasteiger partial charge in [-0.05, 0) is 50.2 Å². The van der Waals surface area contributed by atoms with E-state index in [2.05, 4.69) is 37.0 Å². The van der Waals surface area contributed by atoms with Crippen LogP contribution in [0.2, 0.25) is 5.02 Å². The molecule has 1 N–H and O–H groups in total. The van der Waals surface area contributed by atoms with Gasteiger partial charge in [0.15, 0.2) is 5.65 Å². The lowest BCUT2D eigenvalue weighted by Crippen LogP contribution is -2.52. The van der Waals surface area contributed by atoms with Gasteiger partial charge in [0.2, 0.25) is 0 Å². The molecule has 0 unspecified atom stereocenters. The molecule has 2 fully saturated rings. The number of benzene rings is 1. The van der Waals surface area contributed by atoms with Crippen LogP contribution in [0.4, 0.5) is 21.7 Å². The topological polar surface area (TPSA) is 60.4 Å². The van der Waals surface area contributed by atoms with Gasteiger partial charge in [0, 0.05) is 51.0 Å². The molecular formula is C23H27ClFN7. The molecule has 0 saturated carbocycles. The molecule has 0 radical (unpaired) electrons. The fraction of sp³-hybridized carbons (Fsp3) is 0.435. The molecular weight excluding hydrogens is 429 g/mol. The highest BCUT2D eigenvalue weighted by Crippen LogP contribution is 2.28. The van der Waals surface area contributed by atoms with Crippen molar-refractivity contribution < 1.29 is 4.39 Å².